The first-order chi connectivity index (χ1) is 9.60. The molecule has 0 atom stereocenters. The van der Waals surface area contributed by atoms with E-state index in [1.165, 1.54) is 10.6 Å². The molecule has 0 aromatic carbocycles. The Morgan fingerprint density at radius 1 is 1.55 bits per heavy atom. The third-order valence-corrected chi connectivity index (χ3v) is 4.00. The Balaban J connectivity index is 1.93. The monoisotopic (exact) mass is 291 g/mol. The van der Waals surface area contributed by atoms with Crippen molar-refractivity contribution in [2.75, 3.05) is 14.1 Å². The molecule has 108 valence electrons. The van der Waals surface area contributed by atoms with Gasteiger partial charge in [-0.3, -0.25) is 4.99 Å². The molecule has 2 heterocycles. The maximum Gasteiger partial charge on any atom is 0.194 e. The summed E-state index contributed by atoms with van der Waals surface area (Å²) in [5.41, 5.74) is 1.25. The molecule has 0 saturated heterocycles. The molecule has 5 nitrogen and oxygen atoms in total. The van der Waals surface area contributed by atoms with Crippen molar-refractivity contribution in [3.63, 3.8) is 0 Å². The predicted molar refractivity (Wildman–Crippen MR) is 83.9 cm³/mol. The number of aliphatic imine (C=N–C) groups is 1. The predicted octanol–water partition coefficient (Wildman–Crippen LogP) is 2.00. The van der Waals surface area contributed by atoms with Crippen LogP contribution >= 0.6 is 11.3 Å². The first-order valence-electron chi connectivity index (χ1n) is 6.53. The molecule has 0 amide bonds. The fourth-order valence-corrected chi connectivity index (χ4v) is 2.73. The lowest BCUT2D eigenvalue weighted by atomic mass is 10.4. The minimum Gasteiger partial charge on any atom is -0.353 e. The quantitative estimate of drug-likeness (QED) is 0.692. The van der Waals surface area contributed by atoms with Crippen LogP contribution in [0.1, 0.15) is 15.6 Å². The number of nitrogens with one attached hydrogen (secondary N) is 1. The highest BCUT2D eigenvalue weighted by atomic mass is 32.1. The molecule has 1 N–H and O–H groups in total. The molecule has 0 bridgehead atoms. The van der Waals surface area contributed by atoms with Gasteiger partial charge in [0.05, 0.1) is 13.1 Å². The molecule has 2 aromatic heterocycles. The lowest BCUT2D eigenvalue weighted by molar-refractivity contribution is 0.461. The average Bonchev–Trinajstić information content (AvgIpc) is 3.00. The molecule has 0 radical (unpaired) electrons. The highest BCUT2D eigenvalue weighted by molar-refractivity contribution is 7.11. The topological polar surface area (TPSA) is 45.5 Å². The molecule has 0 fully saturated rings. The zero-order valence-corrected chi connectivity index (χ0v) is 13.2. The van der Waals surface area contributed by atoms with Gasteiger partial charge in [-0.2, -0.15) is 0 Å². The number of hydrogen-bond acceptors (Lipinski definition) is 3. The van der Waals surface area contributed by atoms with Gasteiger partial charge in [0.15, 0.2) is 5.96 Å². The molecule has 0 aliphatic carbocycles. The lowest BCUT2D eigenvalue weighted by Crippen LogP contribution is -2.38. The number of guanidine groups is 1. The summed E-state index contributed by atoms with van der Waals surface area (Å²) in [5.74, 6) is 0.874. The number of hydrogen-bond donors (Lipinski definition) is 1. The molecule has 2 aromatic rings. The van der Waals surface area contributed by atoms with Crippen molar-refractivity contribution in [1.82, 2.24) is 19.8 Å². The van der Waals surface area contributed by atoms with Crippen molar-refractivity contribution in [2.45, 2.75) is 20.0 Å². The Morgan fingerprint density at radius 3 is 2.90 bits per heavy atom. The molecule has 0 saturated carbocycles. The van der Waals surface area contributed by atoms with E-state index in [9.17, 15) is 0 Å². The SMILES string of the molecule is CN=C(NCc1ncc(C)s1)N(C)Cc1cccn1C. The van der Waals surface area contributed by atoms with Crippen molar-refractivity contribution >= 4 is 17.3 Å². The summed E-state index contributed by atoms with van der Waals surface area (Å²) in [5, 5.41) is 4.42. The molecule has 0 aliphatic rings. The first-order valence-corrected chi connectivity index (χ1v) is 7.35. The van der Waals surface area contributed by atoms with Gasteiger partial charge >= 0.3 is 0 Å². The van der Waals surface area contributed by atoms with Gasteiger partial charge in [0.2, 0.25) is 0 Å². The number of nitrogens with zero attached hydrogens (tertiary/aromatic N) is 4. The fourth-order valence-electron chi connectivity index (χ4n) is 2.00. The van der Waals surface area contributed by atoms with Gasteiger partial charge in [0.1, 0.15) is 5.01 Å². The second-order valence-corrected chi connectivity index (χ2v) is 6.05. The van der Waals surface area contributed by atoms with E-state index in [0.717, 1.165) is 17.5 Å². The molecule has 0 spiro atoms. The van der Waals surface area contributed by atoms with Gasteiger partial charge < -0.3 is 14.8 Å². The second kappa shape index (κ2) is 6.56. The zero-order chi connectivity index (χ0) is 14.5. The van der Waals surface area contributed by atoms with Gasteiger partial charge in [-0.25, -0.2) is 4.98 Å². The van der Waals surface area contributed by atoms with E-state index in [0.29, 0.717) is 6.54 Å². The van der Waals surface area contributed by atoms with Crippen LogP contribution in [0, 0.1) is 6.92 Å². The van der Waals surface area contributed by atoms with Gasteiger partial charge in [-0.15, -0.1) is 11.3 Å². The average molecular weight is 291 g/mol. The molecule has 20 heavy (non-hydrogen) atoms. The number of aryl methyl sites for hydroxylation is 2. The minimum absolute atomic E-state index is 0.711. The molecular weight excluding hydrogens is 270 g/mol. The van der Waals surface area contributed by atoms with Crippen LogP contribution in [0.2, 0.25) is 0 Å². The van der Waals surface area contributed by atoms with E-state index >= 15 is 0 Å². The van der Waals surface area contributed by atoms with Crippen LogP contribution in [-0.2, 0) is 20.1 Å². The van der Waals surface area contributed by atoms with Gasteiger partial charge in [0.25, 0.3) is 0 Å². The summed E-state index contributed by atoms with van der Waals surface area (Å²) in [4.78, 5) is 12.0. The molecule has 0 unspecified atom stereocenters. The van der Waals surface area contributed by atoms with Crippen LogP contribution in [0.3, 0.4) is 0 Å². The second-order valence-electron chi connectivity index (χ2n) is 4.73. The summed E-state index contributed by atoms with van der Waals surface area (Å²) in [7, 11) is 5.89. The summed E-state index contributed by atoms with van der Waals surface area (Å²) < 4.78 is 2.12. The maximum atomic E-state index is 4.35. The molecular formula is C14H21N5S. The zero-order valence-electron chi connectivity index (χ0n) is 12.4. The summed E-state index contributed by atoms with van der Waals surface area (Å²) in [6.07, 6.45) is 3.95. The highest BCUT2D eigenvalue weighted by Gasteiger charge is 2.09. The van der Waals surface area contributed by atoms with Crippen LogP contribution in [0.25, 0.3) is 0 Å². The largest absolute Gasteiger partial charge is 0.353 e. The highest BCUT2D eigenvalue weighted by Crippen LogP contribution is 2.10. The molecule has 6 heteroatoms. The minimum atomic E-state index is 0.711. The van der Waals surface area contributed by atoms with E-state index in [4.69, 9.17) is 0 Å². The third-order valence-electron chi connectivity index (χ3n) is 3.09. The Kier molecular flexibility index (Phi) is 4.79. The summed E-state index contributed by atoms with van der Waals surface area (Å²) >= 11 is 1.71. The van der Waals surface area contributed by atoms with Crippen molar-refractivity contribution < 1.29 is 0 Å². The van der Waals surface area contributed by atoms with Crippen molar-refractivity contribution in [2.24, 2.45) is 12.0 Å². The Hall–Kier alpha value is -1.82. The third kappa shape index (κ3) is 3.60. The maximum absolute atomic E-state index is 4.35. The fraction of sp³-hybridized carbons (Fsp3) is 0.429. The van der Waals surface area contributed by atoms with Crippen LogP contribution in [0.15, 0.2) is 29.5 Å². The van der Waals surface area contributed by atoms with Gasteiger partial charge in [-0.1, -0.05) is 0 Å². The van der Waals surface area contributed by atoms with Crippen LogP contribution < -0.4 is 5.32 Å². The van der Waals surface area contributed by atoms with Crippen molar-refractivity contribution in [3.8, 4) is 0 Å². The van der Waals surface area contributed by atoms with E-state index in [-0.39, 0.29) is 0 Å². The van der Waals surface area contributed by atoms with Gasteiger partial charge in [-0.05, 0) is 19.1 Å². The van der Waals surface area contributed by atoms with Crippen molar-refractivity contribution in [1.29, 1.82) is 0 Å². The smallest absolute Gasteiger partial charge is 0.194 e. The Labute approximate surface area is 124 Å². The molecule has 0 aliphatic heterocycles. The van der Waals surface area contributed by atoms with Gasteiger partial charge in [0, 0.05) is 44.1 Å². The van der Waals surface area contributed by atoms with Crippen LogP contribution in [-0.4, -0.2) is 34.5 Å². The first kappa shape index (κ1) is 14.6. The summed E-state index contributed by atoms with van der Waals surface area (Å²) in [6.45, 7) is 3.60. The Bertz CT molecular complexity index is 584. The van der Waals surface area contributed by atoms with Crippen molar-refractivity contribution in [3.05, 3.63) is 40.1 Å². The van der Waals surface area contributed by atoms with E-state index in [1.54, 1.807) is 18.4 Å². The lowest BCUT2D eigenvalue weighted by Gasteiger charge is -2.22. The van der Waals surface area contributed by atoms with Crippen LogP contribution in [0.5, 0.6) is 0 Å². The Morgan fingerprint density at radius 2 is 2.35 bits per heavy atom. The van der Waals surface area contributed by atoms with E-state index in [1.807, 2.05) is 13.2 Å². The van der Waals surface area contributed by atoms with E-state index in [2.05, 4.69) is 57.1 Å². The number of rotatable bonds is 4. The number of thiazole rings is 1. The normalized spacial score (nSPS) is 11.7. The van der Waals surface area contributed by atoms with E-state index < -0.39 is 0 Å². The standard InChI is InChI=1S/C14H21N5S/c1-11-8-16-13(20-11)9-17-14(15-2)19(4)10-12-6-5-7-18(12)3/h5-8H,9-10H2,1-4H3,(H,15,17). The summed E-state index contributed by atoms with van der Waals surface area (Å²) in [6, 6.07) is 4.17. The number of aromatic nitrogens is 2. The van der Waals surface area contributed by atoms with Crippen LogP contribution in [0.4, 0.5) is 0 Å². The molecule has 2 rings (SSSR count).